The van der Waals surface area contributed by atoms with E-state index in [4.69, 9.17) is 8.83 Å². The van der Waals surface area contributed by atoms with Crippen LogP contribution in [0.15, 0.2) is 209 Å². The number of nitrogens with zero attached hydrogens (tertiary/aromatic N) is 1. The number of hydrogen-bond acceptors (Lipinski definition) is 3. The molecule has 0 radical (unpaired) electrons. The van der Waals surface area contributed by atoms with Crippen molar-refractivity contribution in [2.45, 2.75) is 20.8 Å². The van der Waals surface area contributed by atoms with E-state index in [1.807, 2.05) is 6.07 Å². The Balaban J connectivity index is 1.09. The molecule has 0 saturated heterocycles. The largest absolute Gasteiger partial charge is 0.457 e. The Morgan fingerprint density at radius 1 is 0.400 bits per heavy atom. The molecule has 65 heavy (non-hydrogen) atoms. The molecule has 4 heteroatoms. The zero-order valence-corrected chi connectivity index (χ0v) is 36.4. The summed E-state index contributed by atoms with van der Waals surface area (Å²) in [4.78, 5) is 2.44. The first-order valence-corrected chi connectivity index (χ1v) is 22.5. The summed E-state index contributed by atoms with van der Waals surface area (Å²) in [6.07, 6.45) is 0. The topological polar surface area (TPSA) is 29.5 Å². The number of anilines is 3. The Labute approximate surface area is 377 Å². The predicted octanol–water partition coefficient (Wildman–Crippen LogP) is 15.0. The molecule has 13 rings (SSSR count). The zero-order valence-electron chi connectivity index (χ0n) is 36.4. The van der Waals surface area contributed by atoms with E-state index in [9.17, 15) is 0 Å². The molecule has 0 atom stereocenters. The fraction of sp³-hybridized carbons (Fsp3) is 0.0492. The van der Waals surface area contributed by atoms with E-state index >= 15 is 0 Å². The van der Waals surface area contributed by atoms with Crippen molar-refractivity contribution in [3.8, 4) is 11.1 Å². The summed E-state index contributed by atoms with van der Waals surface area (Å²) in [7, 11) is 0. The summed E-state index contributed by atoms with van der Waals surface area (Å²) >= 11 is 0. The van der Waals surface area contributed by atoms with Crippen LogP contribution in [0.4, 0.5) is 17.1 Å². The van der Waals surface area contributed by atoms with Crippen molar-refractivity contribution in [2.75, 3.05) is 4.90 Å². The average Bonchev–Trinajstić information content (AvgIpc) is 3.91. The van der Waals surface area contributed by atoms with E-state index in [2.05, 4.69) is 220 Å². The van der Waals surface area contributed by atoms with E-state index < -0.39 is 0 Å². The van der Waals surface area contributed by atoms with Gasteiger partial charge in [-0.2, -0.15) is 0 Å². The highest BCUT2D eigenvalue weighted by molar-refractivity contribution is 6.98. The Morgan fingerprint density at radius 2 is 1.00 bits per heavy atom. The Bertz CT molecular complexity index is 3990. The number of para-hydroxylation sites is 4. The lowest BCUT2D eigenvalue weighted by molar-refractivity contribution is 0.669. The van der Waals surface area contributed by atoms with Crippen molar-refractivity contribution >= 4 is 116 Å². The molecular weight excluding hydrogens is 789 g/mol. The van der Waals surface area contributed by atoms with Gasteiger partial charge in [-0.25, -0.2) is 0 Å². The van der Waals surface area contributed by atoms with Crippen molar-refractivity contribution in [1.29, 1.82) is 0 Å². The molecule has 11 aromatic carbocycles. The summed E-state index contributed by atoms with van der Waals surface area (Å²) in [6, 6.07) is 72.9. The molecule has 0 aliphatic rings. The van der Waals surface area contributed by atoms with E-state index in [0.717, 1.165) is 72.1 Å². The van der Waals surface area contributed by atoms with Crippen LogP contribution in [0.2, 0.25) is 0 Å². The lowest BCUT2D eigenvalue weighted by Crippen LogP contribution is -2.54. The van der Waals surface area contributed by atoms with Crippen molar-refractivity contribution in [1.82, 2.24) is 0 Å². The molecule has 0 spiro atoms. The van der Waals surface area contributed by atoms with Gasteiger partial charge >= 0.3 is 0 Å². The van der Waals surface area contributed by atoms with Gasteiger partial charge in [0.05, 0.1) is 11.4 Å². The normalized spacial score (nSPS) is 11.9. The van der Waals surface area contributed by atoms with Crippen LogP contribution in [0.5, 0.6) is 0 Å². The molecule has 0 fully saturated rings. The number of fused-ring (bicyclic) bond motifs is 6. The maximum atomic E-state index is 6.84. The van der Waals surface area contributed by atoms with Gasteiger partial charge < -0.3 is 13.7 Å². The first kappa shape index (κ1) is 37.5. The SMILES string of the molecule is Cc1cc(C)c(B(c2ccc3ccc4c(N(c5ccc6c(c5)oc5ccccc56)c5ccccc5-c5ccccc5)ccc5ccc2c3c54)c2cccc3c2oc2ccccc23)c(C)c1. The second kappa shape index (κ2) is 14.5. The highest BCUT2D eigenvalue weighted by Crippen LogP contribution is 2.47. The molecule has 0 unspecified atom stereocenters. The van der Waals surface area contributed by atoms with Crippen LogP contribution in [0, 0.1) is 20.8 Å². The molecule has 0 saturated carbocycles. The minimum atomic E-state index is -0.0892. The molecule has 0 amide bonds. The fourth-order valence-corrected chi connectivity index (χ4v) is 11.2. The van der Waals surface area contributed by atoms with Crippen LogP contribution < -0.4 is 21.3 Å². The summed E-state index contributed by atoms with van der Waals surface area (Å²) in [6.45, 7) is 6.65. The quantitative estimate of drug-likeness (QED) is 0.118. The van der Waals surface area contributed by atoms with E-state index in [0.29, 0.717) is 0 Å². The Morgan fingerprint density at radius 3 is 1.80 bits per heavy atom. The predicted molar refractivity (Wildman–Crippen MR) is 277 cm³/mol. The zero-order chi connectivity index (χ0) is 43.3. The van der Waals surface area contributed by atoms with Crippen LogP contribution in [0.3, 0.4) is 0 Å². The monoisotopic (exact) mass is 831 g/mol. The van der Waals surface area contributed by atoms with Gasteiger partial charge in [-0.3, -0.25) is 0 Å². The molecule has 3 nitrogen and oxygen atoms in total. The third kappa shape index (κ3) is 5.77. The van der Waals surface area contributed by atoms with Gasteiger partial charge in [0.25, 0.3) is 0 Å². The smallest absolute Gasteiger partial charge is 0.247 e. The van der Waals surface area contributed by atoms with Gasteiger partial charge in [-0.15, -0.1) is 0 Å². The van der Waals surface area contributed by atoms with Crippen molar-refractivity contribution in [3.63, 3.8) is 0 Å². The Kier molecular flexibility index (Phi) is 8.35. The highest BCUT2D eigenvalue weighted by atomic mass is 16.3. The minimum Gasteiger partial charge on any atom is -0.457 e. The van der Waals surface area contributed by atoms with E-state index in [1.54, 1.807) is 0 Å². The summed E-state index contributed by atoms with van der Waals surface area (Å²) < 4.78 is 13.4. The van der Waals surface area contributed by atoms with Gasteiger partial charge in [0.15, 0.2) is 0 Å². The third-order valence-corrected chi connectivity index (χ3v) is 13.8. The number of furan rings is 2. The minimum absolute atomic E-state index is 0.0892. The third-order valence-electron chi connectivity index (χ3n) is 13.8. The lowest BCUT2D eigenvalue weighted by atomic mass is 9.34. The first-order valence-electron chi connectivity index (χ1n) is 22.5. The molecule has 0 N–H and O–H groups in total. The molecule has 0 aliphatic carbocycles. The fourth-order valence-electron chi connectivity index (χ4n) is 11.2. The van der Waals surface area contributed by atoms with Crippen molar-refractivity contribution < 1.29 is 8.83 Å². The van der Waals surface area contributed by atoms with Crippen LogP contribution in [-0.4, -0.2) is 6.71 Å². The molecule has 2 aromatic heterocycles. The molecule has 0 bridgehead atoms. The lowest BCUT2D eigenvalue weighted by Gasteiger charge is -2.30. The van der Waals surface area contributed by atoms with Gasteiger partial charge in [-0.05, 0) is 95.1 Å². The van der Waals surface area contributed by atoms with E-state index in [1.165, 1.54) is 65.4 Å². The molecule has 306 valence electrons. The van der Waals surface area contributed by atoms with Gasteiger partial charge in [-0.1, -0.05) is 185 Å². The summed E-state index contributed by atoms with van der Waals surface area (Å²) in [5.74, 6) is 0. The molecule has 2 heterocycles. The molecule has 0 aliphatic heterocycles. The number of aryl methyl sites for hydroxylation is 3. The number of hydrogen-bond donors (Lipinski definition) is 0. The second-order valence-corrected chi connectivity index (χ2v) is 17.7. The van der Waals surface area contributed by atoms with Crippen molar-refractivity contribution in [2.24, 2.45) is 0 Å². The standard InChI is InChI=1S/C61H42BNO2/c1-37-34-38(2)60(39(3)35-37)62(52-20-13-19-48-46-18-9-12-23-56(46)65-61(48)52)51-32-26-41-25-30-50-54(33-27-42-24-29-49(51)58(41)59(42)50)63(53-21-10-7-16-44(53)40-14-5-4-6-15-40)43-28-31-47-45-17-8-11-22-55(45)64-57(47)36-43/h4-36H,1-3H3. The van der Waals surface area contributed by atoms with Crippen LogP contribution in [0.25, 0.3) is 87.3 Å². The first-order chi connectivity index (χ1) is 32.0. The molecular formula is C61H42BNO2. The number of rotatable bonds is 7. The van der Waals surface area contributed by atoms with Gasteiger partial charge in [0, 0.05) is 44.2 Å². The molecule has 13 aromatic rings. The van der Waals surface area contributed by atoms with Gasteiger partial charge in [0.2, 0.25) is 6.71 Å². The van der Waals surface area contributed by atoms with Crippen LogP contribution in [0.1, 0.15) is 16.7 Å². The maximum absolute atomic E-state index is 6.84. The number of benzene rings is 11. The highest BCUT2D eigenvalue weighted by Gasteiger charge is 2.31. The van der Waals surface area contributed by atoms with Gasteiger partial charge in [0.1, 0.15) is 22.3 Å². The van der Waals surface area contributed by atoms with Crippen LogP contribution >= 0.6 is 0 Å². The Hall–Kier alpha value is -8.08. The van der Waals surface area contributed by atoms with E-state index in [-0.39, 0.29) is 6.71 Å². The summed E-state index contributed by atoms with van der Waals surface area (Å²) in [5, 5.41) is 11.9. The van der Waals surface area contributed by atoms with Crippen molar-refractivity contribution in [3.05, 3.63) is 217 Å². The maximum Gasteiger partial charge on any atom is 0.247 e. The summed E-state index contributed by atoms with van der Waals surface area (Å²) in [5.41, 5.74) is 16.7. The average molecular weight is 832 g/mol. The second-order valence-electron chi connectivity index (χ2n) is 17.7. The van der Waals surface area contributed by atoms with Crippen LogP contribution in [-0.2, 0) is 0 Å².